The van der Waals surface area contributed by atoms with Gasteiger partial charge in [0.25, 0.3) is 0 Å². The number of carbonyl (C=O) groups excluding carboxylic acids is 1. The van der Waals surface area contributed by atoms with Crippen LogP contribution in [0.1, 0.15) is 33.6 Å². The van der Waals surface area contributed by atoms with Gasteiger partial charge in [-0.25, -0.2) is 0 Å². The Morgan fingerprint density at radius 1 is 1.44 bits per heavy atom. The molecule has 1 heterocycles. The van der Waals surface area contributed by atoms with Crippen LogP contribution in [0.2, 0.25) is 0 Å². The molecule has 1 aliphatic heterocycles. The summed E-state index contributed by atoms with van der Waals surface area (Å²) in [5, 5.41) is 10.1. The summed E-state index contributed by atoms with van der Waals surface area (Å²) >= 11 is 0. The quantitative estimate of drug-likeness (QED) is 0.529. The fourth-order valence-corrected chi connectivity index (χ4v) is 4.36. The standard InChI is InChI=1S/C15H22O3/c1-8-10-4-6-15(3)7-5-11(16)9(2)12(15)13(10)18-14(8)17/h5,7-13,16H,4,6H2,1-3H3/t8-,9+,10?,11?,12+,13-,15-/m0/s1. The van der Waals surface area contributed by atoms with Crippen molar-refractivity contribution in [3.63, 3.8) is 0 Å². The molecule has 0 bridgehead atoms. The lowest BCUT2D eigenvalue weighted by Crippen LogP contribution is -2.51. The summed E-state index contributed by atoms with van der Waals surface area (Å²) in [7, 11) is 0. The van der Waals surface area contributed by atoms with E-state index in [0.29, 0.717) is 5.92 Å². The van der Waals surface area contributed by atoms with E-state index in [1.807, 2.05) is 13.0 Å². The van der Waals surface area contributed by atoms with Gasteiger partial charge in [0, 0.05) is 11.8 Å². The lowest BCUT2D eigenvalue weighted by molar-refractivity contribution is -0.151. The number of rotatable bonds is 0. The van der Waals surface area contributed by atoms with Crippen molar-refractivity contribution in [2.45, 2.75) is 45.8 Å². The third-order valence-corrected chi connectivity index (χ3v) is 5.60. The maximum atomic E-state index is 11.8. The Labute approximate surface area is 108 Å². The van der Waals surface area contributed by atoms with Crippen LogP contribution in [-0.4, -0.2) is 23.3 Å². The number of hydrogen-bond donors (Lipinski definition) is 1. The zero-order chi connectivity index (χ0) is 13.1. The Kier molecular flexibility index (Phi) is 2.60. The number of ether oxygens (including phenoxy) is 1. The van der Waals surface area contributed by atoms with E-state index < -0.39 is 6.10 Å². The molecule has 2 aliphatic carbocycles. The van der Waals surface area contributed by atoms with Crippen LogP contribution in [0.25, 0.3) is 0 Å². The molecule has 1 N–H and O–H groups in total. The van der Waals surface area contributed by atoms with Crippen molar-refractivity contribution in [2.24, 2.45) is 29.1 Å². The van der Waals surface area contributed by atoms with Crippen molar-refractivity contribution in [3.05, 3.63) is 12.2 Å². The Bertz CT molecular complexity index is 403. The maximum Gasteiger partial charge on any atom is 0.309 e. The highest BCUT2D eigenvalue weighted by Crippen LogP contribution is 2.55. The average Bonchev–Trinajstić information content (AvgIpc) is 2.60. The van der Waals surface area contributed by atoms with Crippen molar-refractivity contribution in [2.75, 3.05) is 0 Å². The van der Waals surface area contributed by atoms with E-state index >= 15 is 0 Å². The molecule has 0 aromatic carbocycles. The summed E-state index contributed by atoms with van der Waals surface area (Å²) in [5.41, 5.74) is 0.0736. The van der Waals surface area contributed by atoms with E-state index in [1.54, 1.807) is 0 Å². The molecule has 3 aliphatic rings. The predicted molar refractivity (Wildman–Crippen MR) is 67.7 cm³/mol. The molecule has 100 valence electrons. The second-order valence-electron chi connectivity index (χ2n) is 6.63. The van der Waals surface area contributed by atoms with E-state index in [9.17, 15) is 9.90 Å². The van der Waals surface area contributed by atoms with Crippen molar-refractivity contribution in [1.82, 2.24) is 0 Å². The van der Waals surface area contributed by atoms with Gasteiger partial charge < -0.3 is 9.84 Å². The van der Waals surface area contributed by atoms with Crippen LogP contribution in [-0.2, 0) is 9.53 Å². The van der Waals surface area contributed by atoms with Crippen molar-refractivity contribution < 1.29 is 14.6 Å². The monoisotopic (exact) mass is 250 g/mol. The zero-order valence-corrected chi connectivity index (χ0v) is 11.3. The van der Waals surface area contributed by atoms with Crippen LogP contribution < -0.4 is 0 Å². The molecule has 0 aromatic rings. The fraction of sp³-hybridized carbons (Fsp3) is 0.800. The summed E-state index contributed by atoms with van der Waals surface area (Å²) < 4.78 is 5.65. The molecule has 0 radical (unpaired) electrons. The summed E-state index contributed by atoms with van der Waals surface area (Å²) in [6.45, 7) is 6.30. The van der Waals surface area contributed by atoms with Crippen LogP contribution in [0.5, 0.6) is 0 Å². The fourth-order valence-electron chi connectivity index (χ4n) is 4.36. The molecule has 3 rings (SSSR count). The van der Waals surface area contributed by atoms with Crippen LogP contribution in [0.3, 0.4) is 0 Å². The molecule has 1 saturated heterocycles. The van der Waals surface area contributed by atoms with E-state index in [0.717, 1.165) is 12.8 Å². The van der Waals surface area contributed by atoms with Gasteiger partial charge in [0.05, 0.1) is 12.0 Å². The highest BCUT2D eigenvalue weighted by atomic mass is 16.6. The Morgan fingerprint density at radius 2 is 2.17 bits per heavy atom. The number of aliphatic hydroxyl groups is 1. The van der Waals surface area contributed by atoms with Gasteiger partial charge in [-0.15, -0.1) is 0 Å². The van der Waals surface area contributed by atoms with Crippen molar-refractivity contribution in [1.29, 1.82) is 0 Å². The van der Waals surface area contributed by atoms with Crippen molar-refractivity contribution in [3.8, 4) is 0 Å². The van der Waals surface area contributed by atoms with Gasteiger partial charge in [0.1, 0.15) is 6.10 Å². The molecule has 2 unspecified atom stereocenters. The molecule has 0 spiro atoms. The maximum absolute atomic E-state index is 11.8. The smallest absolute Gasteiger partial charge is 0.309 e. The molecule has 18 heavy (non-hydrogen) atoms. The summed E-state index contributed by atoms with van der Waals surface area (Å²) in [6.07, 6.45) is 5.81. The SMILES string of the molecule is C[C@@H]1C(=O)O[C@H]2C1CC[C@@]1(C)C=CC(O)[C@@H](C)[C@H]21. The molecule has 1 saturated carbocycles. The van der Waals surface area contributed by atoms with E-state index in [4.69, 9.17) is 4.74 Å². The van der Waals surface area contributed by atoms with Gasteiger partial charge in [-0.2, -0.15) is 0 Å². The van der Waals surface area contributed by atoms with Gasteiger partial charge in [-0.1, -0.05) is 32.9 Å². The number of aliphatic hydroxyl groups excluding tert-OH is 1. The van der Waals surface area contributed by atoms with Gasteiger partial charge >= 0.3 is 5.97 Å². The normalized spacial score (nSPS) is 54.8. The third kappa shape index (κ3) is 1.49. The summed E-state index contributed by atoms with van der Waals surface area (Å²) in [5.74, 6) is 0.730. The first-order valence-corrected chi connectivity index (χ1v) is 7.02. The molecule has 7 atom stereocenters. The average molecular weight is 250 g/mol. The largest absolute Gasteiger partial charge is 0.461 e. The van der Waals surface area contributed by atoms with Crippen molar-refractivity contribution >= 4 is 5.97 Å². The highest BCUT2D eigenvalue weighted by molar-refractivity contribution is 5.75. The minimum absolute atomic E-state index is 0.000787. The Hall–Kier alpha value is -0.830. The topological polar surface area (TPSA) is 46.5 Å². The predicted octanol–water partition coefficient (Wildman–Crippen LogP) is 2.15. The number of esters is 1. The van der Waals surface area contributed by atoms with Gasteiger partial charge in [0.15, 0.2) is 0 Å². The molecular formula is C15H22O3. The Balaban J connectivity index is 1.98. The minimum Gasteiger partial charge on any atom is -0.461 e. The second-order valence-corrected chi connectivity index (χ2v) is 6.63. The third-order valence-electron chi connectivity index (χ3n) is 5.60. The number of allylic oxidation sites excluding steroid dienone is 1. The first-order valence-electron chi connectivity index (χ1n) is 7.02. The molecule has 2 fully saturated rings. The van der Waals surface area contributed by atoms with E-state index in [1.165, 1.54) is 0 Å². The van der Waals surface area contributed by atoms with E-state index in [-0.39, 0.29) is 35.2 Å². The second kappa shape index (κ2) is 3.83. The van der Waals surface area contributed by atoms with Gasteiger partial charge in [-0.05, 0) is 24.2 Å². The summed E-state index contributed by atoms with van der Waals surface area (Å²) in [6, 6.07) is 0. The molecular weight excluding hydrogens is 228 g/mol. The summed E-state index contributed by atoms with van der Waals surface area (Å²) in [4.78, 5) is 11.8. The lowest BCUT2D eigenvalue weighted by Gasteiger charge is -2.51. The first kappa shape index (κ1) is 12.2. The van der Waals surface area contributed by atoms with Gasteiger partial charge in [0.2, 0.25) is 0 Å². The van der Waals surface area contributed by atoms with Crippen LogP contribution in [0, 0.1) is 29.1 Å². The Morgan fingerprint density at radius 3 is 2.89 bits per heavy atom. The number of hydrogen-bond acceptors (Lipinski definition) is 3. The highest BCUT2D eigenvalue weighted by Gasteiger charge is 2.57. The number of carbonyl (C=O) groups is 1. The molecule has 3 nitrogen and oxygen atoms in total. The molecule has 0 amide bonds. The zero-order valence-electron chi connectivity index (χ0n) is 11.3. The molecule has 3 heteroatoms. The van der Waals surface area contributed by atoms with Gasteiger partial charge in [-0.3, -0.25) is 4.79 Å². The lowest BCUT2D eigenvalue weighted by atomic mass is 9.55. The van der Waals surface area contributed by atoms with Crippen LogP contribution in [0.4, 0.5) is 0 Å². The minimum atomic E-state index is -0.406. The van der Waals surface area contributed by atoms with Crippen LogP contribution >= 0.6 is 0 Å². The van der Waals surface area contributed by atoms with E-state index in [2.05, 4.69) is 19.9 Å². The number of fused-ring (bicyclic) bond motifs is 3. The van der Waals surface area contributed by atoms with Crippen LogP contribution in [0.15, 0.2) is 12.2 Å². The molecule has 0 aromatic heterocycles. The first-order chi connectivity index (χ1) is 8.44.